The van der Waals surface area contributed by atoms with Gasteiger partial charge in [-0.25, -0.2) is 13.2 Å². The molecule has 1 nitrogen and oxygen atoms in total. The molecule has 0 unspecified atom stereocenters. The molecule has 0 atom stereocenters. The molecule has 0 heterocycles. The van der Waals surface area contributed by atoms with Crippen LogP contribution in [0.1, 0.15) is 37.7 Å². The van der Waals surface area contributed by atoms with E-state index in [0.717, 1.165) is 19.3 Å². The van der Waals surface area contributed by atoms with Crippen LogP contribution < -0.4 is 0 Å². The molecule has 1 aliphatic carbocycles. The fourth-order valence-corrected chi connectivity index (χ4v) is 2.37. The van der Waals surface area contributed by atoms with Gasteiger partial charge in [0.2, 0.25) is 0 Å². The summed E-state index contributed by atoms with van der Waals surface area (Å²) >= 11 is 0. The minimum atomic E-state index is -1.47. The number of halogens is 3. The molecule has 0 saturated heterocycles. The van der Waals surface area contributed by atoms with Crippen molar-refractivity contribution in [1.29, 1.82) is 0 Å². The molecule has 0 aromatic heterocycles. The van der Waals surface area contributed by atoms with Gasteiger partial charge in [0.05, 0.1) is 11.2 Å². The lowest BCUT2D eigenvalue weighted by atomic mass is 9.79. The topological polar surface area (TPSA) is 20.2 Å². The molecule has 0 bridgehead atoms. The second-order valence-corrected chi connectivity index (χ2v) is 4.34. The van der Waals surface area contributed by atoms with Gasteiger partial charge < -0.3 is 5.11 Å². The predicted molar refractivity (Wildman–Crippen MR) is 53.3 cm³/mol. The van der Waals surface area contributed by atoms with Gasteiger partial charge >= 0.3 is 0 Å². The van der Waals surface area contributed by atoms with Crippen molar-refractivity contribution in [3.05, 3.63) is 35.1 Å². The molecule has 2 rings (SSSR count). The van der Waals surface area contributed by atoms with Crippen molar-refractivity contribution in [2.45, 2.75) is 37.7 Å². The molecule has 0 spiro atoms. The van der Waals surface area contributed by atoms with Gasteiger partial charge in [0.15, 0.2) is 0 Å². The average molecular weight is 230 g/mol. The molecule has 1 aliphatic rings. The molecule has 0 aliphatic heterocycles. The van der Waals surface area contributed by atoms with Crippen molar-refractivity contribution in [2.75, 3.05) is 0 Å². The van der Waals surface area contributed by atoms with E-state index in [1.807, 2.05) is 0 Å². The summed E-state index contributed by atoms with van der Waals surface area (Å²) in [4.78, 5) is 0. The number of aliphatic hydroxyl groups is 1. The Morgan fingerprint density at radius 1 is 0.938 bits per heavy atom. The first-order chi connectivity index (χ1) is 7.53. The Bertz CT molecular complexity index is 374. The molecule has 0 radical (unpaired) electrons. The van der Waals surface area contributed by atoms with Gasteiger partial charge in [-0.1, -0.05) is 19.3 Å². The van der Waals surface area contributed by atoms with Crippen molar-refractivity contribution >= 4 is 0 Å². The third-order valence-electron chi connectivity index (χ3n) is 3.15. The monoisotopic (exact) mass is 230 g/mol. The zero-order chi connectivity index (χ0) is 11.8. The summed E-state index contributed by atoms with van der Waals surface area (Å²) in [6.07, 6.45) is 3.06. The van der Waals surface area contributed by atoms with Crippen LogP contribution in [0.4, 0.5) is 13.2 Å². The highest BCUT2D eigenvalue weighted by atomic mass is 19.1. The average Bonchev–Trinajstić information content (AvgIpc) is 2.16. The highest BCUT2D eigenvalue weighted by molar-refractivity contribution is 5.27. The van der Waals surface area contributed by atoms with Crippen molar-refractivity contribution in [2.24, 2.45) is 0 Å². The minimum Gasteiger partial charge on any atom is -0.385 e. The van der Waals surface area contributed by atoms with E-state index in [1.165, 1.54) is 0 Å². The lowest BCUT2D eigenvalue weighted by Gasteiger charge is -2.32. The molecule has 0 amide bonds. The quantitative estimate of drug-likeness (QED) is 0.785. The zero-order valence-corrected chi connectivity index (χ0v) is 8.77. The molecule has 16 heavy (non-hydrogen) atoms. The summed E-state index contributed by atoms with van der Waals surface area (Å²) in [7, 11) is 0. The van der Waals surface area contributed by atoms with E-state index in [9.17, 15) is 18.3 Å². The first kappa shape index (κ1) is 11.5. The third-order valence-corrected chi connectivity index (χ3v) is 3.15. The van der Waals surface area contributed by atoms with Crippen LogP contribution in [0.2, 0.25) is 0 Å². The van der Waals surface area contributed by atoms with Crippen LogP contribution in [0.5, 0.6) is 0 Å². The van der Waals surface area contributed by atoms with Crippen molar-refractivity contribution in [3.8, 4) is 0 Å². The highest BCUT2D eigenvalue weighted by Crippen LogP contribution is 2.39. The predicted octanol–water partition coefficient (Wildman–Crippen LogP) is 3.26. The molecular weight excluding hydrogens is 217 g/mol. The van der Waals surface area contributed by atoms with E-state index in [-0.39, 0.29) is 5.56 Å². The fourth-order valence-electron chi connectivity index (χ4n) is 2.37. The van der Waals surface area contributed by atoms with Gasteiger partial charge in [-0.3, -0.25) is 0 Å². The van der Waals surface area contributed by atoms with Crippen LogP contribution in [0.25, 0.3) is 0 Å². The van der Waals surface area contributed by atoms with Gasteiger partial charge in [-0.2, -0.15) is 0 Å². The lowest BCUT2D eigenvalue weighted by molar-refractivity contribution is -0.00713. The minimum absolute atomic E-state index is 0.326. The van der Waals surface area contributed by atoms with Crippen LogP contribution in [-0.4, -0.2) is 5.11 Å². The summed E-state index contributed by atoms with van der Waals surface area (Å²) < 4.78 is 39.7. The normalized spacial score (nSPS) is 19.8. The van der Waals surface area contributed by atoms with Crippen LogP contribution in [-0.2, 0) is 5.60 Å². The van der Waals surface area contributed by atoms with E-state index < -0.39 is 23.1 Å². The molecule has 88 valence electrons. The maximum Gasteiger partial charge on any atom is 0.135 e. The van der Waals surface area contributed by atoms with E-state index >= 15 is 0 Å². The number of hydrogen-bond acceptors (Lipinski definition) is 1. The Balaban J connectivity index is 2.46. The van der Waals surface area contributed by atoms with Crippen LogP contribution in [0, 0.1) is 17.5 Å². The third kappa shape index (κ3) is 1.94. The van der Waals surface area contributed by atoms with E-state index in [4.69, 9.17) is 0 Å². The standard InChI is InChI=1S/C12H13F3O/c13-8-6-9(14)11(10(15)7-8)12(16)4-2-1-3-5-12/h6-7,16H,1-5H2. The first-order valence-electron chi connectivity index (χ1n) is 5.40. The van der Waals surface area contributed by atoms with Gasteiger partial charge in [0, 0.05) is 12.1 Å². The molecule has 1 fully saturated rings. The maximum absolute atomic E-state index is 13.5. The molecule has 1 aromatic rings. The Morgan fingerprint density at radius 3 is 1.94 bits per heavy atom. The number of hydrogen-bond donors (Lipinski definition) is 1. The summed E-state index contributed by atoms with van der Waals surface area (Å²) in [5, 5.41) is 10.2. The molecule has 1 aromatic carbocycles. The van der Waals surface area contributed by atoms with E-state index in [0.29, 0.717) is 25.0 Å². The summed E-state index contributed by atoms with van der Waals surface area (Å²) in [5.41, 5.74) is -1.85. The largest absolute Gasteiger partial charge is 0.385 e. The number of rotatable bonds is 1. The number of benzene rings is 1. The Hall–Kier alpha value is -1.03. The molecule has 4 heteroatoms. The van der Waals surface area contributed by atoms with Crippen LogP contribution in [0.15, 0.2) is 12.1 Å². The van der Waals surface area contributed by atoms with Crippen LogP contribution in [0.3, 0.4) is 0 Å². The fraction of sp³-hybridized carbons (Fsp3) is 0.500. The van der Waals surface area contributed by atoms with Gasteiger partial charge in [-0.05, 0) is 12.8 Å². The first-order valence-corrected chi connectivity index (χ1v) is 5.40. The van der Waals surface area contributed by atoms with E-state index in [2.05, 4.69) is 0 Å². The Labute approximate surface area is 91.9 Å². The second-order valence-electron chi connectivity index (χ2n) is 4.34. The summed E-state index contributed by atoms with van der Waals surface area (Å²) in [6, 6.07) is 1.23. The Kier molecular flexibility index (Phi) is 2.93. The second kappa shape index (κ2) is 4.09. The van der Waals surface area contributed by atoms with Crippen LogP contribution >= 0.6 is 0 Å². The molecular formula is C12H13F3O. The SMILES string of the molecule is OC1(c2c(F)cc(F)cc2F)CCCCC1. The maximum atomic E-state index is 13.5. The highest BCUT2D eigenvalue weighted by Gasteiger charge is 2.36. The Morgan fingerprint density at radius 2 is 1.44 bits per heavy atom. The summed E-state index contributed by atoms with van der Waals surface area (Å²) in [5.74, 6) is -2.96. The lowest BCUT2D eigenvalue weighted by Crippen LogP contribution is -2.31. The van der Waals surface area contributed by atoms with Crippen molar-refractivity contribution in [1.82, 2.24) is 0 Å². The van der Waals surface area contributed by atoms with Gasteiger partial charge in [-0.15, -0.1) is 0 Å². The summed E-state index contributed by atoms with van der Waals surface area (Å²) in [6.45, 7) is 0. The zero-order valence-electron chi connectivity index (χ0n) is 8.77. The van der Waals surface area contributed by atoms with E-state index in [1.54, 1.807) is 0 Å². The van der Waals surface area contributed by atoms with Gasteiger partial charge in [0.25, 0.3) is 0 Å². The molecule has 1 N–H and O–H groups in total. The van der Waals surface area contributed by atoms with Crippen molar-refractivity contribution < 1.29 is 18.3 Å². The molecule has 1 saturated carbocycles. The van der Waals surface area contributed by atoms with Crippen molar-refractivity contribution in [3.63, 3.8) is 0 Å². The smallest absolute Gasteiger partial charge is 0.135 e. The van der Waals surface area contributed by atoms with Gasteiger partial charge in [0.1, 0.15) is 17.5 Å².